The van der Waals surface area contributed by atoms with Gasteiger partial charge in [0.2, 0.25) is 0 Å². The van der Waals surface area contributed by atoms with Crippen LogP contribution in [0.15, 0.2) is 0 Å². The first kappa shape index (κ1) is 16.0. The molecule has 2 heteroatoms. The molecule has 116 valence electrons. The molecule has 0 amide bonds. The lowest BCUT2D eigenvalue weighted by Gasteiger charge is -2.43. The Kier molecular flexibility index (Phi) is 4.94. The van der Waals surface area contributed by atoms with Gasteiger partial charge < -0.3 is 5.73 Å². The van der Waals surface area contributed by atoms with Gasteiger partial charge in [0.25, 0.3) is 0 Å². The van der Waals surface area contributed by atoms with E-state index in [0.29, 0.717) is 11.3 Å². The van der Waals surface area contributed by atoms with Crippen molar-refractivity contribution in [2.75, 3.05) is 0 Å². The van der Waals surface area contributed by atoms with E-state index in [4.69, 9.17) is 5.73 Å². The van der Waals surface area contributed by atoms with Crippen LogP contribution in [0, 0.1) is 16.7 Å². The predicted octanol–water partition coefficient (Wildman–Crippen LogP) is 4.46. The Labute approximate surface area is 124 Å². The highest BCUT2D eigenvalue weighted by molar-refractivity contribution is 5.88. The molecular weight excluding hydrogens is 246 g/mol. The van der Waals surface area contributed by atoms with E-state index >= 15 is 0 Å². The molecule has 1 atom stereocenters. The molecule has 0 heterocycles. The number of carbonyl (C=O) groups is 1. The fraction of sp³-hybridized carbons (Fsp3) is 0.944. The molecule has 0 aliphatic heterocycles. The van der Waals surface area contributed by atoms with Gasteiger partial charge in [-0.2, -0.15) is 0 Å². The minimum absolute atomic E-state index is 0.232. The molecule has 2 aliphatic rings. The van der Waals surface area contributed by atoms with Crippen LogP contribution in [0.1, 0.15) is 85.0 Å². The second kappa shape index (κ2) is 6.17. The summed E-state index contributed by atoms with van der Waals surface area (Å²) in [7, 11) is 0. The SMILES string of the molecule is CC(C)(C)C(=O)C(N)CC1CCC2(CCCCC2)CC1. The second-order valence-electron chi connectivity index (χ2n) is 8.46. The summed E-state index contributed by atoms with van der Waals surface area (Å²) < 4.78 is 0. The Morgan fingerprint density at radius 2 is 1.65 bits per heavy atom. The summed E-state index contributed by atoms with van der Waals surface area (Å²) in [5, 5.41) is 0. The van der Waals surface area contributed by atoms with Gasteiger partial charge in [-0.1, -0.05) is 40.0 Å². The fourth-order valence-corrected chi connectivity index (χ4v) is 4.35. The van der Waals surface area contributed by atoms with Gasteiger partial charge in [0, 0.05) is 5.41 Å². The molecule has 0 aromatic rings. The standard InChI is InChI=1S/C18H33NO/c1-17(2,3)16(20)15(19)13-14-7-11-18(12-8-14)9-5-4-6-10-18/h14-15H,4-13,19H2,1-3H3. The average molecular weight is 279 g/mol. The molecule has 2 aliphatic carbocycles. The van der Waals surface area contributed by atoms with Crippen LogP contribution in [-0.2, 0) is 4.79 Å². The number of hydrogen-bond acceptors (Lipinski definition) is 2. The molecule has 1 unspecified atom stereocenters. The Morgan fingerprint density at radius 1 is 1.10 bits per heavy atom. The molecule has 0 aromatic heterocycles. The zero-order valence-corrected chi connectivity index (χ0v) is 13.7. The molecule has 20 heavy (non-hydrogen) atoms. The molecule has 0 bridgehead atoms. The van der Waals surface area contributed by atoms with Crippen LogP contribution in [0.3, 0.4) is 0 Å². The summed E-state index contributed by atoms with van der Waals surface area (Å²) in [5.74, 6) is 0.916. The van der Waals surface area contributed by atoms with E-state index in [0.717, 1.165) is 6.42 Å². The minimum Gasteiger partial charge on any atom is -0.321 e. The number of carbonyl (C=O) groups excluding carboxylic acids is 1. The summed E-state index contributed by atoms with van der Waals surface area (Å²) >= 11 is 0. The number of rotatable bonds is 3. The van der Waals surface area contributed by atoms with Gasteiger partial charge in [-0.05, 0) is 56.3 Å². The lowest BCUT2D eigenvalue weighted by atomic mass is 9.62. The number of hydrogen-bond donors (Lipinski definition) is 1. The van der Waals surface area contributed by atoms with Gasteiger partial charge >= 0.3 is 0 Å². The van der Waals surface area contributed by atoms with E-state index in [1.54, 1.807) is 0 Å². The highest BCUT2D eigenvalue weighted by Crippen LogP contribution is 2.49. The fourth-order valence-electron chi connectivity index (χ4n) is 4.35. The lowest BCUT2D eigenvalue weighted by molar-refractivity contribution is -0.128. The summed E-state index contributed by atoms with van der Waals surface area (Å²) in [4.78, 5) is 12.2. The van der Waals surface area contributed by atoms with Crippen LogP contribution in [0.2, 0.25) is 0 Å². The Morgan fingerprint density at radius 3 is 2.15 bits per heavy atom. The van der Waals surface area contributed by atoms with E-state index in [2.05, 4.69) is 0 Å². The maximum Gasteiger partial charge on any atom is 0.154 e. The summed E-state index contributed by atoms with van der Waals surface area (Å²) in [5.41, 5.74) is 6.54. The first-order valence-corrected chi connectivity index (χ1v) is 8.62. The van der Waals surface area contributed by atoms with Crippen LogP contribution in [0.4, 0.5) is 0 Å². The van der Waals surface area contributed by atoms with E-state index in [9.17, 15) is 4.79 Å². The van der Waals surface area contributed by atoms with Crippen molar-refractivity contribution in [3.05, 3.63) is 0 Å². The molecule has 0 saturated heterocycles. The van der Waals surface area contributed by atoms with Crippen LogP contribution < -0.4 is 5.73 Å². The van der Waals surface area contributed by atoms with Crippen LogP contribution in [0.25, 0.3) is 0 Å². The van der Waals surface area contributed by atoms with E-state index in [1.165, 1.54) is 57.8 Å². The number of nitrogens with two attached hydrogens (primary N) is 1. The molecule has 0 radical (unpaired) electrons. The molecule has 0 aromatic carbocycles. The van der Waals surface area contributed by atoms with Gasteiger partial charge in [0.1, 0.15) is 0 Å². The highest BCUT2D eigenvalue weighted by Gasteiger charge is 2.37. The van der Waals surface area contributed by atoms with Crippen molar-refractivity contribution in [1.82, 2.24) is 0 Å². The van der Waals surface area contributed by atoms with Crippen molar-refractivity contribution in [2.24, 2.45) is 22.5 Å². The van der Waals surface area contributed by atoms with Crippen molar-refractivity contribution in [3.63, 3.8) is 0 Å². The van der Waals surface area contributed by atoms with Crippen LogP contribution in [0.5, 0.6) is 0 Å². The number of Topliss-reactive ketones (excluding diaryl/α,β-unsaturated/α-hetero) is 1. The van der Waals surface area contributed by atoms with Crippen molar-refractivity contribution in [1.29, 1.82) is 0 Å². The lowest BCUT2D eigenvalue weighted by Crippen LogP contribution is -2.41. The van der Waals surface area contributed by atoms with Gasteiger partial charge in [0.15, 0.2) is 5.78 Å². The first-order valence-electron chi connectivity index (χ1n) is 8.62. The van der Waals surface area contributed by atoms with E-state index in [-0.39, 0.29) is 17.2 Å². The van der Waals surface area contributed by atoms with Gasteiger partial charge in [-0.3, -0.25) is 4.79 Å². The maximum atomic E-state index is 12.2. The average Bonchev–Trinajstić information content (AvgIpc) is 2.41. The highest BCUT2D eigenvalue weighted by atomic mass is 16.1. The molecule has 2 fully saturated rings. The molecule has 2 saturated carbocycles. The minimum atomic E-state index is -0.293. The monoisotopic (exact) mass is 279 g/mol. The Bertz CT molecular complexity index is 326. The Hall–Kier alpha value is -0.370. The summed E-state index contributed by atoms with van der Waals surface area (Å²) in [6.45, 7) is 5.94. The predicted molar refractivity (Wildman–Crippen MR) is 84.5 cm³/mol. The molecule has 2 nitrogen and oxygen atoms in total. The molecular formula is C18H33NO. The quantitative estimate of drug-likeness (QED) is 0.829. The largest absolute Gasteiger partial charge is 0.321 e. The second-order valence-corrected chi connectivity index (χ2v) is 8.46. The normalized spacial score (nSPS) is 25.6. The molecule has 2 N–H and O–H groups in total. The van der Waals surface area contributed by atoms with E-state index < -0.39 is 0 Å². The number of ketones is 1. The third-order valence-corrected chi connectivity index (χ3v) is 5.74. The van der Waals surface area contributed by atoms with Crippen LogP contribution in [-0.4, -0.2) is 11.8 Å². The van der Waals surface area contributed by atoms with Gasteiger partial charge in [-0.15, -0.1) is 0 Å². The summed E-state index contributed by atoms with van der Waals surface area (Å²) in [6, 6.07) is -0.250. The van der Waals surface area contributed by atoms with Crippen molar-refractivity contribution in [3.8, 4) is 0 Å². The van der Waals surface area contributed by atoms with Crippen molar-refractivity contribution >= 4 is 5.78 Å². The van der Waals surface area contributed by atoms with Crippen LogP contribution >= 0.6 is 0 Å². The summed E-state index contributed by atoms with van der Waals surface area (Å²) in [6.07, 6.45) is 13.5. The Balaban J connectivity index is 1.81. The molecule has 1 spiro atoms. The maximum absolute atomic E-state index is 12.2. The topological polar surface area (TPSA) is 43.1 Å². The third-order valence-electron chi connectivity index (χ3n) is 5.74. The smallest absolute Gasteiger partial charge is 0.154 e. The first-order chi connectivity index (χ1) is 9.32. The van der Waals surface area contributed by atoms with Gasteiger partial charge in [-0.25, -0.2) is 0 Å². The van der Waals surface area contributed by atoms with Crippen molar-refractivity contribution < 1.29 is 4.79 Å². The molecule has 2 rings (SSSR count). The van der Waals surface area contributed by atoms with Crippen molar-refractivity contribution in [2.45, 2.75) is 91.0 Å². The van der Waals surface area contributed by atoms with E-state index in [1.807, 2.05) is 20.8 Å². The zero-order valence-electron chi connectivity index (χ0n) is 13.7. The van der Waals surface area contributed by atoms with Gasteiger partial charge in [0.05, 0.1) is 6.04 Å². The zero-order chi connectivity index (χ0) is 14.8. The third kappa shape index (κ3) is 3.84.